The molecule has 0 saturated heterocycles. The van der Waals surface area contributed by atoms with Crippen LogP contribution in [0.3, 0.4) is 0 Å². The minimum absolute atomic E-state index is 0. The zero-order valence-corrected chi connectivity index (χ0v) is 18.2. The molecule has 7 heteroatoms. The van der Waals surface area contributed by atoms with Gasteiger partial charge in [0.25, 0.3) is 0 Å². The van der Waals surface area contributed by atoms with Gasteiger partial charge in [-0.15, -0.1) is 24.0 Å². The fraction of sp³-hybridized carbons (Fsp3) is 0.368. The van der Waals surface area contributed by atoms with Gasteiger partial charge < -0.3 is 20.3 Å². The summed E-state index contributed by atoms with van der Waals surface area (Å²) in [5.41, 5.74) is 2.38. The van der Waals surface area contributed by atoms with Crippen molar-refractivity contribution in [2.75, 3.05) is 39.2 Å². The highest BCUT2D eigenvalue weighted by molar-refractivity contribution is 14.0. The zero-order valence-electron chi connectivity index (χ0n) is 15.8. The summed E-state index contributed by atoms with van der Waals surface area (Å²) in [5, 5.41) is 6.54. The molecule has 26 heavy (non-hydrogen) atoms. The van der Waals surface area contributed by atoms with Gasteiger partial charge in [-0.2, -0.15) is 0 Å². The molecule has 6 nitrogen and oxygen atoms in total. The lowest BCUT2D eigenvalue weighted by molar-refractivity contribution is 0.322. The van der Waals surface area contributed by atoms with E-state index in [0.717, 1.165) is 23.1 Å². The summed E-state index contributed by atoms with van der Waals surface area (Å²) in [6.45, 7) is 3.99. The lowest BCUT2D eigenvalue weighted by Gasteiger charge is -2.14. The molecule has 2 aromatic rings. The number of anilines is 1. The topological polar surface area (TPSA) is 61.8 Å². The summed E-state index contributed by atoms with van der Waals surface area (Å²) in [4.78, 5) is 10.5. The van der Waals surface area contributed by atoms with Crippen molar-refractivity contribution in [1.29, 1.82) is 0 Å². The first kappa shape index (κ1) is 22.0. The van der Waals surface area contributed by atoms with E-state index in [-0.39, 0.29) is 24.0 Å². The molecule has 0 atom stereocenters. The molecule has 0 fully saturated rings. The second-order valence-corrected chi connectivity index (χ2v) is 5.93. The Labute approximate surface area is 173 Å². The van der Waals surface area contributed by atoms with E-state index in [9.17, 15) is 0 Å². The van der Waals surface area contributed by atoms with Crippen molar-refractivity contribution in [3.63, 3.8) is 0 Å². The average Bonchev–Trinajstić information content (AvgIpc) is 2.63. The number of nitrogens with zero attached hydrogens (tertiary/aromatic N) is 3. The van der Waals surface area contributed by atoms with Gasteiger partial charge in [0, 0.05) is 33.9 Å². The average molecular weight is 469 g/mol. The number of hydrogen-bond acceptors (Lipinski definition) is 4. The van der Waals surface area contributed by atoms with Gasteiger partial charge in [-0.1, -0.05) is 17.7 Å². The molecule has 2 rings (SSSR count). The van der Waals surface area contributed by atoms with Crippen LogP contribution in [0, 0.1) is 6.92 Å². The van der Waals surface area contributed by atoms with Crippen LogP contribution in [0.4, 0.5) is 5.82 Å². The molecule has 1 aromatic carbocycles. The Balaban J connectivity index is 0.00000338. The third-order valence-electron chi connectivity index (χ3n) is 3.64. The van der Waals surface area contributed by atoms with Crippen LogP contribution in [0.2, 0.25) is 0 Å². The minimum Gasteiger partial charge on any atom is -0.492 e. The Hall–Kier alpha value is -2.03. The fourth-order valence-electron chi connectivity index (χ4n) is 2.19. The normalized spacial score (nSPS) is 10.7. The number of benzene rings is 1. The SMILES string of the molecule is CN=C(NCCOc1ccc(C)cc1)NCc1ccnc(N(C)C)c1.I. The molecule has 2 N–H and O–H groups in total. The van der Waals surface area contributed by atoms with Gasteiger partial charge in [0.1, 0.15) is 18.2 Å². The van der Waals surface area contributed by atoms with Crippen LogP contribution in [0.5, 0.6) is 5.75 Å². The van der Waals surface area contributed by atoms with Gasteiger partial charge in [-0.05, 0) is 36.8 Å². The number of halogens is 1. The lowest BCUT2D eigenvalue weighted by Crippen LogP contribution is -2.38. The summed E-state index contributed by atoms with van der Waals surface area (Å²) in [6.07, 6.45) is 1.82. The molecular formula is C19H28IN5O. The number of nitrogens with one attached hydrogen (secondary N) is 2. The van der Waals surface area contributed by atoms with Crippen LogP contribution in [0.15, 0.2) is 47.6 Å². The third-order valence-corrected chi connectivity index (χ3v) is 3.64. The van der Waals surface area contributed by atoms with Crippen molar-refractivity contribution in [2.24, 2.45) is 4.99 Å². The van der Waals surface area contributed by atoms with Crippen molar-refractivity contribution >= 4 is 35.8 Å². The monoisotopic (exact) mass is 469 g/mol. The van der Waals surface area contributed by atoms with Gasteiger partial charge in [0.15, 0.2) is 5.96 Å². The molecule has 0 unspecified atom stereocenters. The first-order chi connectivity index (χ1) is 12.1. The van der Waals surface area contributed by atoms with Gasteiger partial charge in [0.05, 0.1) is 6.54 Å². The van der Waals surface area contributed by atoms with Crippen LogP contribution in [0.25, 0.3) is 0 Å². The molecule has 0 aliphatic rings. The van der Waals surface area contributed by atoms with Crippen LogP contribution >= 0.6 is 24.0 Å². The largest absolute Gasteiger partial charge is 0.492 e. The molecule has 0 bridgehead atoms. The smallest absolute Gasteiger partial charge is 0.191 e. The standard InChI is InChI=1S/C19H27N5O.HI/c1-15-5-7-17(8-6-15)25-12-11-22-19(20-2)23-14-16-9-10-21-18(13-16)24(3)4;/h5-10,13H,11-12,14H2,1-4H3,(H2,20,22,23);1H. The Bertz CT molecular complexity index is 689. The number of aliphatic imine (C=N–C) groups is 1. The minimum atomic E-state index is 0. The second kappa shape index (κ2) is 11.6. The molecule has 1 aromatic heterocycles. The number of ether oxygens (including phenoxy) is 1. The van der Waals surface area contributed by atoms with E-state index >= 15 is 0 Å². The number of pyridine rings is 1. The molecule has 0 radical (unpaired) electrons. The van der Waals surface area contributed by atoms with Crippen molar-refractivity contribution in [3.8, 4) is 5.75 Å². The first-order valence-corrected chi connectivity index (χ1v) is 8.34. The van der Waals surface area contributed by atoms with E-state index in [4.69, 9.17) is 4.74 Å². The first-order valence-electron chi connectivity index (χ1n) is 8.34. The predicted octanol–water partition coefficient (Wildman–Crippen LogP) is 2.82. The van der Waals surface area contributed by atoms with E-state index in [1.165, 1.54) is 5.56 Å². The zero-order chi connectivity index (χ0) is 18.1. The van der Waals surface area contributed by atoms with Gasteiger partial charge in [0.2, 0.25) is 0 Å². The van der Waals surface area contributed by atoms with Crippen molar-refractivity contribution in [3.05, 3.63) is 53.7 Å². The molecule has 0 spiro atoms. The molecule has 0 aliphatic heterocycles. The highest BCUT2D eigenvalue weighted by Gasteiger charge is 2.02. The maximum absolute atomic E-state index is 5.70. The Morgan fingerprint density at radius 1 is 1.15 bits per heavy atom. The maximum atomic E-state index is 5.70. The number of aromatic nitrogens is 1. The Morgan fingerprint density at radius 3 is 2.54 bits per heavy atom. The van der Waals surface area contributed by atoms with E-state index in [0.29, 0.717) is 19.7 Å². The molecular weight excluding hydrogens is 441 g/mol. The van der Waals surface area contributed by atoms with E-state index in [1.54, 1.807) is 7.05 Å². The Kier molecular flexibility index (Phi) is 9.79. The molecule has 142 valence electrons. The highest BCUT2D eigenvalue weighted by Crippen LogP contribution is 2.11. The summed E-state index contributed by atoms with van der Waals surface area (Å²) < 4.78 is 5.70. The fourth-order valence-corrected chi connectivity index (χ4v) is 2.19. The van der Waals surface area contributed by atoms with E-state index in [1.807, 2.05) is 55.5 Å². The summed E-state index contributed by atoms with van der Waals surface area (Å²) in [7, 11) is 5.72. The predicted molar refractivity (Wildman–Crippen MR) is 119 cm³/mol. The maximum Gasteiger partial charge on any atom is 0.191 e. The van der Waals surface area contributed by atoms with Crippen molar-refractivity contribution < 1.29 is 4.74 Å². The molecule has 0 aliphatic carbocycles. The summed E-state index contributed by atoms with van der Waals surface area (Å²) >= 11 is 0. The second-order valence-electron chi connectivity index (χ2n) is 5.93. The van der Waals surface area contributed by atoms with Crippen LogP contribution in [-0.4, -0.2) is 45.2 Å². The van der Waals surface area contributed by atoms with Gasteiger partial charge in [-0.3, -0.25) is 4.99 Å². The lowest BCUT2D eigenvalue weighted by atomic mass is 10.2. The van der Waals surface area contributed by atoms with E-state index in [2.05, 4.69) is 33.6 Å². The molecule has 0 amide bonds. The summed E-state index contributed by atoms with van der Waals surface area (Å²) in [6, 6.07) is 12.1. The van der Waals surface area contributed by atoms with Gasteiger partial charge in [-0.25, -0.2) is 4.98 Å². The quantitative estimate of drug-likeness (QED) is 0.283. The highest BCUT2D eigenvalue weighted by atomic mass is 127. The number of rotatable bonds is 7. The van der Waals surface area contributed by atoms with Crippen molar-refractivity contribution in [2.45, 2.75) is 13.5 Å². The van der Waals surface area contributed by atoms with Gasteiger partial charge >= 0.3 is 0 Å². The van der Waals surface area contributed by atoms with Crippen LogP contribution in [-0.2, 0) is 6.54 Å². The number of aryl methyl sites for hydroxylation is 1. The van der Waals surface area contributed by atoms with Crippen molar-refractivity contribution in [1.82, 2.24) is 15.6 Å². The number of hydrogen-bond donors (Lipinski definition) is 2. The summed E-state index contributed by atoms with van der Waals surface area (Å²) in [5.74, 6) is 2.56. The molecule has 1 heterocycles. The third kappa shape index (κ3) is 7.47. The van der Waals surface area contributed by atoms with Crippen LogP contribution in [0.1, 0.15) is 11.1 Å². The Morgan fingerprint density at radius 2 is 1.88 bits per heavy atom. The van der Waals surface area contributed by atoms with E-state index < -0.39 is 0 Å². The molecule has 0 saturated carbocycles. The number of guanidine groups is 1. The van der Waals surface area contributed by atoms with Crippen LogP contribution < -0.4 is 20.3 Å².